The van der Waals surface area contributed by atoms with Crippen molar-refractivity contribution in [2.24, 2.45) is 11.8 Å². The fourth-order valence-electron chi connectivity index (χ4n) is 2.13. The Hall–Kier alpha value is -0.800. The summed E-state index contributed by atoms with van der Waals surface area (Å²) in [4.78, 5) is 4.03. The summed E-state index contributed by atoms with van der Waals surface area (Å²) in [7, 11) is 0. The molecule has 0 fully saturated rings. The van der Waals surface area contributed by atoms with Gasteiger partial charge >= 0.3 is 6.18 Å². The van der Waals surface area contributed by atoms with Crippen LogP contribution < -0.4 is 5.84 Å². The number of rotatable bonds is 8. The SMILES string of the molecule is CC(C)C(CC[N+](N)(S)CCCC(F)(F)F)c1ncon1. The molecular weight excluding hydrogens is 305 g/mol. The molecule has 122 valence electrons. The molecular formula is C12H22F3N4OS+. The molecule has 0 aliphatic carbocycles. The first-order valence-corrected chi connectivity index (χ1v) is 7.22. The maximum absolute atomic E-state index is 12.1. The molecule has 0 amide bonds. The zero-order valence-electron chi connectivity index (χ0n) is 12.2. The number of thiol groups is 1. The third kappa shape index (κ3) is 7.14. The molecule has 0 aromatic carbocycles. The van der Waals surface area contributed by atoms with E-state index in [0.717, 1.165) is 0 Å². The van der Waals surface area contributed by atoms with E-state index in [2.05, 4.69) is 23.0 Å². The molecule has 2 unspecified atom stereocenters. The highest BCUT2D eigenvalue weighted by atomic mass is 32.1. The van der Waals surface area contributed by atoms with Gasteiger partial charge in [-0.2, -0.15) is 28.0 Å². The van der Waals surface area contributed by atoms with Gasteiger partial charge in [-0.3, -0.25) is 0 Å². The molecule has 21 heavy (non-hydrogen) atoms. The van der Waals surface area contributed by atoms with Crippen LogP contribution in [-0.4, -0.2) is 33.4 Å². The molecule has 0 saturated heterocycles. The van der Waals surface area contributed by atoms with Gasteiger partial charge in [0.2, 0.25) is 6.39 Å². The van der Waals surface area contributed by atoms with Crippen LogP contribution in [0.1, 0.15) is 44.9 Å². The Bertz CT molecular complexity index is 409. The Morgan fingerprint density at radius 1 is 1.38 bits per heavy atom. The third-order valence-corrected chi connectivity index (χ3v) is 3.75. The molecule has 0 aliphatic heterocycles. The van der Waals surface area contributed by atoms with E-state index in [1.807, 2.05) is 13.8 Å². The highest BCUT2D eigenvalue weighted by Crippen LogP contribution is 2.27. The van der Waals surface area contributed by atoms with Crippen LogP contribution in [0, 0.1) is 5.92 Å². The second kappa shape index (κ2) is 7.46. The van der Waals surface area contributed by atoms with Crippen LogP contribution in [0.5, 0.6) is 0 Å². The van der Waals surface area contributed by atoms with Gasteiger partial charge in [-0.1, -0.05) is 19.0 Å². The van der Waals surface area contributed by atoms with Gasteiger partial charge < -0.3 is 4.52 Å². The third-order valence-electron chi connectivity index (χ3n) is 3.35. The molecule has 2 N–H and O–H groups in total. The molecule has 1 rings (SSSR count). The van der Waals surface area contributed by atoms with Crippen molar-refractivity contribution in [3.8, 4) is 0 Å². The van der Waals surface area contributed by atoms with Gasteiger partial charge in [-0.05, 0) is 5.92 Å². The minimum atomic E-state index is -4.15. The Balaban J connectivity index is 2.47. The van der Waals surface area contributed by atoms with E-state index in [0.29, 0.717) is 18.8 Å². The van der Waals surface area contributed by atoms with E-state index in [-0.39, 0.29) is 28.8 Å². The highest BCUT2D eigenvalue weighted by molar-refractivity contribution is 7.74. The molecule has 1 aromatic rings. The average molecular weight is 327 g/mol. The van der Waals surface area contributed by atoms with Gasteiger partial charge in [-0.25, -0.2) is 0 Å². The summed E-state index contributed by atoms with van der Waals surface area (Å²) < 4.78 is 40.9. The van der Waals surface area contributed by atoms with Gasteiger partial charge in [0.05, 0.1) is 12.8 Å². The Morgan fingerprint density at radius 3 is 2.52 bits per heavy atom. The van der Waals surface area contributed by atoms with Crippen LogP contribution in [0.15, 0.2) is 10.9 Å². The lowest BCUT2D eigenvalue weighted by atomic mass is 9.92. The standard InChI is InChI=1S/C12H22F3N4OS/c1-9(2)10(11-17-8-20-18-11)4-7-19(16,21)6-3-5-12(13,14)15/h8-10,21H,3-7,16H2,1-2H3/q+1. The number of nitrogens with two attached hydrogens (primary N) is 1. The second-order valence-electron chi connectivity index (χ2n) is 5.58. The van der Waals surface area contributed by atoms with Crippen LogP contribution in [0.2, 0.25) is 0 Å². The second-order valence-corrected chi connectivity index (χ2v) is 6.38. The van der Waals surface area contributed by atoms with Crippen molar-refractivity contribution in [1.82, 2.24) is 10.1 Å². The summed E-state index contributed by atoms with van der Waals surface area (Å²) in [6, 6.07) is 0. The summed E-state index contributed by atoms with van der Waals surface area (Å²) >= 11 is 4.24. The molecule has 1 aromatic heterocycles. The van der Waals surface area contributed by atoms with Crippen LogP contribution in [0.25, 0.3) is 0 Å². The molecule has 0 spiro atoms. The van der Waals surface area contributed by atoms with Gasteiger partial charge in [0.25, 0.3) is 0 Å². The molecule has 0 radical (unpaired) electrons. The molecule has 5 nitrogen and oxygen atoms in total. The smallest absolute Gasteiger partial charge is 0.343 e. The number of nitrogens with zero attached hydrogens (tertiary/aromatic N) is 3. The van der Waals surface area contributed by atoms with Crippen LogP contribution in [-0.2, 0) is 0 Å². The summed E-state index contributed by atoms with van der Waals surface area (Å²) in [5, 5.41) is 3.83. The van der Waals surface area contributed by atoms with Crippen molar-refractivity contribution in [3.05, 3.63) is 12.2 Å². The zero-order valence-corrected chi connectivity index (χ0v) is 13.1. The van der Waals surface area contributed by atoms with Crippen molar-refractivity contribution >= 4 is 12.8 Å². The monoisotopic (exact) mass is 327 g/mol. The first-order valence-electron chi connectivity index (χ1n) is 6.82. The number of aromatic nitrogens is 2. The van der Waals surface area contributed by atoms with Crippen LogP contribution in [0.4, 0.5) is 13.2 Å². The average Bonchev–Trinajstić information content (AvgIpc) is 2.79. The lowest BCUT2D eigenvalue weighted by molar-refractivity contribution is -0.805. The maximum Gasteiger partial charge on any atom is 0.389 e. The molecule has 2 atom stereocenters. The Morgan fingerprint density at radius 2 is 2.05 bits per heavy atom. The van der Waals surface area contributed by atoms with Gasteiger partial charge in [0.1, 0.15) is 13.1 Å². The zero-order chi connectivity index (χ0) is 16.1. The number of hydrogen-bond acceptors (Lipinski definition) is 5. The van der Waals surface area contributed by atoms with Gasteiger partial charge in [-0.15, -0.1) is 0 Å². The van der Waals surface area contributed by atoms with Crippen molar-refractivity contribution in [2.45, 2.75) is 45.2 Å². The molecule has 0 aliphatic rings. The van der Waals surface area contributed by atoms with Crippen molar-refractivity contribution in [2.75, 3.05) is 13.1 Å². The van der Waals surface area contributed by atoms with E-state index in [1.165, 1.54) is 6.39 Å². The maximum atomic E-state index is 12.1. The summed E-state index contributed by atoms with van der Waals surface area (Å²) in [5.74, 6) is 6.82. The largest absolute Gasteiger partial charge is 0.389 e. The molecule has 1 heterocycles. The minimum absolute atomic E-state index is 0.0413. The van der Waals surface area contributed by atoms with Crippen molar-refractivity contribution < 1.29 is 21.7 Å². The van der Waals surface area contributed by atoms with E-state index in [4.69, 9.17) is 10.4 Å². The predicted octanol–water partition coefficient (Wildman–Crippen LogP) is 3.08. The summed E-state index contributed by atoms with van der Waals surface area (Å²) in [6.45, 7) is 4.63. The number of hydrogen-bond donors (Lipinski definition) is 2. The van der Waals surface area contributed by atoms with Crippen molar-refractivity contribution in [1.29, 1.82) is 0 Å². The molecule has 0 bridgehead atoms. The fourth-order valence-corrected chi connectivity index (χ4v) is 2.39. The lowest BCUT2D eigenvalue weighted by Crippen LogP contribution is -2.47. The van der Waals surface area contributed by atoms with E-state index in [9.17, 15) is 13.2 Å². The quantitative estimate of drug-likeness (QED) is 0.333. The molecule has 9 heteroatoms. The topological polar surface area (TPSA) is 64.9 Å². The Labute approximate surface area is 127 Å². The van der Waals surface area contributed by atoms with Gasteiger partial charge in [0, 0.05) is 25.2 Å². The number of quaternary nitrogens is 1. The minimum Gasteiger partial charge on any atom is -0.343 e. The fraction of sp³-hybridized carbons (Fsp3) is 0.833. The Kier molecular flexibility index (Phi) is 6.48. The van der Waals surface area contributed by atoms with E-state index < -0.39 is 12.6 Å². The highest BCUT2D eigenvalue weighted by Gasteiger charge is 2.30. The number of halogens is 3. The van der Waals surface area contributed by atoms with E-state index >= 15 is 0 Å². The summed E-state index contributed by atoms with van der Waals surface area (Å²) in [6.07, 6.45) is -3.15. The normalized spacial score (nSPS) is 17.0. The molecule has 0 saturated carbocycles. The van der Waals surface area contributed by atoms with E-state index in [1.54, 1.807) is 0 Å². The summed E-state index contributed by atoms with van der Waals surface area (Å²) in [5.41, 5.74) is 0. The number of alkyl halides is 3. The van der Waals surface area contributed by atoms with Crippen LogP contribution >= 0.6 is 12.8 Å². The lowest BCUT2D eigenvalue weighted by Gasteiger charge is -2.28. The predicted molar refractivity (Wildman–Crippen MR) is 75.0 cm³/mol. The first-order chi connectivity index (χ1) is 9.61. The first kappa shape index (κ1) is 18.2. The van der Waals surface area contributed by atoms with Crippen molar-refractivity contribution in [3.63, 3.8) is 0 Å². The van der Waals surface area contributed by atoms with Crippen LogP contribution in [0.3, 0.4) is 0 Å². The van der Waals surface area contributed by atoms with Gasteiger partial charge in [0.15, 0.2) is 5.82 Å².